The SMILES string of the molecule is C=CCn1c(S[C@H](CC)C(=O)Nc2ccccc2F)nnc1-c1ccncc1. The van der Waals surface area contributed by atoms with Crippen molar-refractivity contribution in [1.82, 2.24) is 19.7 Å². The van der Waals surface area contributed by atoms with E-state index < -0.39 is 11.1 Å². The maximum atomic E-state index is 13.8. The highest BCUT2D eigenvalue weighted by molar-refractivity contribution is 8.00. The number of para-hydroxylation sites is 1. The number of rotatable bonds is 8. The van der Waals surface area contributed by atoms with Gasteiger partial charge in [-0.3, -0.25) is 14.3 Å². The number of halogens is 1. The van der Waals surface area contributed by atoms with E-state index in [1.54, 1.807) is 30.6 Å². The zero-order valence-corrected chi connectivity index (χ0v) is 16.2. The zero-order valence-electron chi connectivity index (χ0n) is 15.4. The van der Waals surface area contributed by atoms with Crippen LogP contribution in [0, 0.1) is 5.82 Å². The first-order chi connectivity index (χ1) is 13.6. The molecule has 3 rings (SSSR count). The van der Waals surface area contributed by atoms with Crippen LogP contribution >= 0.6 is 11.8 Å². The Morgan fingerprint density at radius 1 is 1.29 bits per heavy atom. The standard InChI is InChI=1S/C20H20FN5OS/c1-3-13-26-18(14-9-11-22-12-10-14)24-25-20(26)28-17(4-2)19(27)23-16-8-6-5-7-15(16)21/h3,5-12,17H,1,4,13H2,2H3,(H,23,27)/t17-/m1/s1. The predicted molar refractivity (Wildman–Crippen MR) is 108 cm³/mol. The Kier molecular flexibility index (Phi) is 6.54. The van der Waals surface area contributed by atoms with Gasteiger partial charge in [0.15, 0.2) is 11.0 Å². The Balaban J connectivity index is 1.82. The molecule has 0 aliphatic carbocycles. The third-order valence-corrected chi connectivity index (χ3v) is 5.35. The lowest BCUT2D eigenvalue weighted by atomic mass is 10.2. The molecule has 0 aliphatic rings. The highest BCUT2D eigenvalue weighted by Crippen LogP contribution is 2.29. The quantitative estimate of drug-likeness (QED) is 0.456. The number of carbonyl (C=O) groups excluding carboxylic acids is 1. The molecule has 0 spiro atoms. The molecule has 1 N–H and O–H groups in total. The van der Waals surface area contributed by atoms with Gasteiger partial charge in [0.2, 0.25) is 5.91 Å². The summed E-state index contributed by atoms with van der Waals surface area (Å²) in [7, 11) is 0. The van der Waals surface area contributed by atoms with Gasteiger partial charge >= 0.3 is 0 Å². The van der Waals surface area contributed by atoms with Gasteiger partial charge in [-0.25, -0.2) is 4.39 Å². The minimum Gasteiger partial charge on any atom is -0.323 e. The van der Waals surface area contributed by atoms with E-state index in [-0.39, 0.29) is 11.6 Å². The highest BCUT2D eigenvalue weighted by atomic mass is 32.2. The van der Waals surface area contributed by atoms with E-state index in [1.165, 1.54) is 23.9 Å². The second-order valence-corrected chi connectivity index (χ2v) is 7.10. The molecule has 0 unspecified atom stereocenters. The molecule has 0 fully saturated rings. The van der Waals surface area contributed by atoms with E-state index in [2.05, 4.69) is 27.1 Å². The molecule has 0 saturated carbocycles. The lowest BCUT2D eigenvalue weighted by molar-refractivity contribution is -0.115. The van der Waals surface area contributed by atoms with Crippen molar-refractivity contribution in [3.63, 3.8) is 0 Å². The summed E-state index contributed by atoms with van der Waals surface area (Å²) in [5, 5.41) is 11.3. The van der Waals surface area contributed by atoms with E-state index in [0.717, 1.165) is 5.56 Å². The molecule has 6 nitrogen and oxygen atoms in total. The molecule has 8 heteroatoms. The maximum Gasteiger partial charge on any atom is 0.238 e. The summed E-state index contributed by atoms with van der Waals surface area (Å²) in [5.41, 5.74) is 1.04. The molecule has 144 valence electrons. The first kappa shape index (κ1) is 19.8. The minimum absolute atomic E-state index is 0.164. The fourth-order valence-electron chi connectivity index (χ4n) is 2.61. The van der Waals surface area contributed by atoms with Crippen LogP contribution < -0.4 is 5.32 Å². The van der Waals surface area contributed by atoms with Crippen molar-refractivity contribution in [2.24, 2.45) is 0 Å². The molecular weight excluding hydrogens is 377 g/mol. The summed E-state index contributed by atoms with van der Waals surface area (Å²) in [6.45, 7) is 6.19. The smallest absolute Gasteiger partial charge is 0.238 e. The third-order valence-electron chi connectivity index (χ3n) is 4.01. The number of anilines is 1. The first-order valence-electron chi connectivity index (χ1n) is 8.80. The predicted octanol–water partition coefficient (Wildman–Crippen LogP) is 4.17. The van der Waals surface area contributed by atoms with Crippen molar-refractivity contribution in [2.45, 2.75) is 30.3 Å². The van der Waals surface area contributed by atoms with Gasteiger partial charge in [0, 0.05) is 24.5 Å². The van der Waals surface area contributed by atoms with Crippen LogP contribution in [-0.4, -0.2) is 30.9 Å². The normalized spacial score (nSPS) is 11.8. The van der Waals surface area contributed by atoms with E-state index >= 15 is 0 Å². The Labute approximate surface area is 166 Å². The van der Waals surface area contributed by atoms with E-state index in [4.69, 9.17) is 0 Å². The van der Waals surface area contributed by atoms with Crippen molar-refractivity contribution >= 4 is 23.4 Å². The summed E-state index contributed by atoms with van der Waals surface area (Å²) in [5.74, 6) is -0.0733. The molecule has 1 amide bonds. The van der Waals surface area contributed by atoms with Gasteiger partial charge in [0.25, 0.3) is 0 Å². The van der Waals surface area contributed by atoms with Gasteiger partial charge < -0.3 is 5.32 Å². The lowest BCUT2D eigenvalue weighted by Gasteiger charge is -2.15. The average Bonchev–Trinajstić information content (AvgIpc) is 3.11. The molecule has 0 aliphatic heterocycles. The Morgan fingerprint density at radius 3 is 2.71 bits per heavy atom. The first-order valence-corrected chi connectivity index (χ1v) is 9.68. The number of thioether (sulfide) groups is 1. The van der Waals surface area contributed by atoms with Crippen LogP contribution in [0.5, 0.6) is 0 Å². The van der Waals surface area contributed by atoms with Crippen molar-refractivity contribution in [2.75, 3.05) is 5.32 Å². The molecule has 2 aromatic heterocycles. The van der Waals surface area contributed by atoms with Crippen molar-refractivity contribution < 1.29 is 9.18 Å². The van der Waals surface area contributed by atoms with Crippen LogP contribution in [0.3, 0.4) is 0 Å². The number of amides is 1. The average molecular weight is 397 g/mol. The number of nitrogens with one attached hydrogen (secondary N) is 1. The number of allylic oxidation sites excluding steroid dienone is 1. The summed E-state index contributed by atoms with van der Waals surface area (Å²) in [6.07, 6.45) is 5.67. The molecule has 3 aromatic rings. The number of nitrogens with zero attached hydrogens (tertiary/aromatic N) is 4. The van der Waals surface area contributed by atoms with Crippen molar-refractivity contribution in [3.05, 3.63) is 67.3 Å². The van der Waals surface area contributed by atoms with Crippen LogP contribution in [0.25, 0.3) is 11.4 Å². The van der Waals surface area contributed by atoms with E-state index in [0.29, 0.717) is 23.9 Å². The number of hydrogen-bond acceptors (Lipinski definition) is 5. The van der Waals surface area contributed by atoms with Crippen LogP contribution in [0.2, 0.25) is 0 Å². The molecule has 0 radical (unpaired) electrons. The minimum atomic E-state index is -0.467. The summed E-state index contributed by atoms with van der Waals surface area (Å²) in [4.78, 5) is 16.7. The molecule has 2 heterocycles. The second kappa shape index (κ2) is 9.27. The maximum absolute atomic E-state index is 13.8. The topological polar surface area (TPSA) is 72.7 Å². The summed E-state index contributed by atoms with van der Waals surface area (Å²) in [6, 6.07) is 9.79. The number of aromatic nitrogens is 4. The zero-order chi connectivity index (χ0) is 19.9. The van der Waals surface area contributed by atoms with E-state index in [9.17, 15) is 9.18 Å². The van der Waals surface area contributed by atoms with Crippen LogP contribution in [0.15, 0.2) is 66.6 Å². The summed E-state index contributed by atoms with van der Waals surface area (Å²) >= 11 is 1.30. The fourth-order valence-corrected chi connectivity index (χ4v) is 3.57. The molecular formula is C20H20FN5OS. The van der Waals surface area contributed by atoms with Crippen LogP contribution in [-0.2, 0) is 11.3 Å². The molecule has 28 heavy (non-hydrogen) atoms. The highest BCUT2D eigenvalue weighted by Gasteiger charge is 2.23. The molecule has 1 aromatic carbocycles. The lowest BCUT2D eigenvalue weighted by Crippen LogP contribution is -2.25. The van der Waals surface area contributed by atoms with Gasteiger partial charge in [-0.1, -0.05) is 36.9 Å². The van der Waals surface area contributed by atoms with Crippen molar-refractivity contribution in [3.8, 4) is 11.4 Å². The van der Waals surface area contributed by atoms with Crippen LogP contribution in [0.1, 0.15) is 13.3 Å². The van der Waals surface area contributed by atoms with E-state index in [1.807, 2.05) is 23.6 Å². The van der Waals surface area contributed by atoms with Gasteiger partial charge in [0.1, 0.15) is 5.82 Å². The number of benzene rings is 1. The molecule has 1 atom stereocenters. The number of carbonyl (C=O) groups is 1. The van der Waals surface area contributed by atoms with Gasteiger partial charge in [0.05, 0.1) is 10.9 Å². The molecule has 0 saturated heterocycles. The Morgan fingerprint density at radius 2 is 2.04 bits per heavy atom. The van der Waals surface area contributed by atoms with Crippen molar-refractivity contribution in [1.29, 1.82) is 0 Å². The Bertz CT molecular complexity index is 960. The van der Waals surface area contributed by atoms with Gasteiger partial charge in [-0.15, -0.1) is 16.8 Å². The monoisotopic (exact) mass is 397 g/mol. The Hall–Kier alpha value is -3.00. The molecule has 0 bridgehead atoms. The number of hydrogen-bond donors (Lipinski definition) is 1. The van der Waals surface area contributed by atoms with Gasteiger partial charge in [-0.2, -0.15) is 0 Å². The second-order valence-electron chi connectivity index (χ2n) is 5.93. The summed E-state index contributed by atoms with van der Waals surface area (Å²) < 4.78 is 15.7. The largest absolute Gasteiger partial charge is 0.323 e. The fraction of sp³-hybridized carbons (Fsp3) is 0.200. The van der Waals surface area contributed by atoms with Gasteiger partial charge in [-0.05, 0) is 30.7 Å². The number of pyridine rings is 1. The third kappa shape index (κ3) is 4.45. The van der Waals surface area contributed by atoms with Crippen LogP contribution in [0.4, 0.5) is 10.1 Å².